The van der Waals surface area contributed by atoms with Crippen molar-refractivity contribution in [2.75, 3.05) is 7.11 Å². The Morgan fingerprint density at radius 2 is 2.06 bits per heavy atom. The van der Waals surface area contributed by atoms with Gasteiger partial charge in [0, 0.05) is 0 Å². The van der Waals surface area contributed by atoms with Crippen LogP contribution in [-0.4, -0.2) is 7.11 Å². The minimum absolute atomic E-state index is 0.181. The molecule has 1 rings (SSSR count). The van der Waals surface area contributed by atoms with E-state index in [-0.39, 0.29) is 17.7 Å². The van der Waals surface area contributed by atoms with E-state index in [0.717, 1.165) is 12.1 Å². The number of halogens is 4. The van der Waals surface area contributed by atoms with Crippen LogP contribution < -0.4 is 4.74 Å². The van der Waals surface area contributed by atoms with Crippen molar-refractivity contribution in [2.45, 2.75) is 12.6 Å². The zero-order valence-electron chi connectivity index (χ0n) is 8.23. The van der Waals surface area contributed by atoms with Gasteiger partial charge in [-0.05, 0) is 17.7 Å². The van der Waals surface area contributed by atoms with Crippen LogP contribution in [0, 0.1) is 11.3 Å². The number of alkyl halides is 3. The van der Waals surface area contributed by atoms with E-state index in [1.165, 1.54) is 7.11 Å². The molecule has 0 aliphatic rings. The number of nitrogens with zero attached hydrogens (tertiary/aromatic N) is 1. The van der Waals surface area contributed by atoms with Crippen molar-refractivity contribution in [1.82, 2.24) is 0 Å². The van der Waals surface area contributed by atoms with Crippen LogP contribution in [0.25, 0.3) is 0 Å². The molecule has 0 fully saturated rings. The summed E-state index contributed by atoms with van der Waals surface area (Å²) in [6.07, 6.45) is -4.94. The van der Waals surface area contributed by atoms with Crippen molar-refractivity contribution in [2.24, 2.45) is 0 Å². The summed E-state index contributed by atoms with van der Waals surface area (Å²) >= 11 is 5.52. The molecule has 6 heteroatoms. The molecule has 0 unspecified atom stereocenters. The zero-order chi connectivity index (χ0) is 12.3. The summed E-state index contributed by atoms with van der Waals surface area (Å²) in [5.74, 6) is 0.197. The fraction of sp³-hybridized carbons (Fsp3) is 0.300. The van der Waals surface area contributed by atoms with E-state index in [1.807, 2.05) is 0 Å². The Morgan fingerprint density at radius 1 is 1.44 bits per heavy atom. The van der Waals surface area contributed by atoms with Gasteiger partial charge in [0.2, 0.25) is 0 Å². The Hall–Kier alpha value is -1.41. The van der Waals surface area contributed by atoms with Crippen molar-refractivity contribution in [1.29, 1.82) is 5.26 Å². The minimum atomic E-state index is -4.57. The van der Waals surface area contributed by atoms with Gasteiger partial charge in [0.05, 0.1) is 30.2 Å². The van der Waals surface area contributed by atoms with Crippen LogP contribution in [-0.2, 0) is 12.6 Å². The highest BCUT2D eigenvalue weighted by Gasteiger charge is 2.36. The summed E-state index contributed by atoms with van der Waals surface area (Å²) < 4.78 is 42.7. The molecule has 0 aliphatic carbocycles. The molecular weight excluding hydrogens is 243 g/mol. The third-order valence-electron chi connectivity index (χ3n) is 1.93. The predicted molar refractivity (Wildman–Crippen MR) is 52.3 cm³/mol. The number of methoxy groups -OCH3 is 1. The van der Waals surface area contributed by atoms with Crippen molar-refractivity contribution in [3.05, 3.63) is 28.3 Å². The third-order valence-corrected chi connectivity index (χ3v) is 2.23. The van der Waals surface area contributed by atoms with Crippen molar-refractivity contribution < 1.29 is 17.9 Å². The Balaban J connectivity index is 3.41. The van der Waals surface area contributed by atoms with Crippen LogP contribution >= 0.6 is 11.6 Å². The number of benzene rings is 1. The summed E-state index contributed by atoms with van der Waals surface area (Å²) in [5, 5.41) is 8.00. The van der Waals surface area contributed by atoms with Crippen molar-refractivity contribution in [3.8, 4) is 11.8 Å². The molecular formula is C10H7ClF3NO. The fourth-order valence-electron chi connectivity index (χ4n) is 1.30. The van der Waals surface area contributed by atoms with Crippen LogP contribution in [0.3, 0.4) is 0 Å². The van der Waals surface area contributed by atoms with Gasteiger partial charge in [0.15, 0.2) is 0 Å². The van der Waals surface area contributed by atoms with Crippen LogP contribution in [0.2, 0.25) is 5.02 Å². The quantitative estimate of drug-likeness (QED) is 0.804. The van der Waals surface area contributed by atoms with Crippen LogP contribution in [0.5, 0.6) is 5.75 Å². The molecule has 0 amide bonds. The number of hydrogen-bond donors (Lipinski definition) is 0. The molecule has 0 N–H and O–H groups in total. The molecule has 0 radical (unpaired) electrons. The summed E-state index contributed by atoms with van der Waals surface area (Å²) in [7, 11) is 1.31. The second-order valence-corrected chi connectivity index (χ2v) is 3.38. The first-order valence-corrected chi connectivity index (χ1v) is 4.58. The van der Waals surface area contributed by atoms with Gasteiger partial charge in [-0.1, -0.05) is 11.6 Å². The zero-order valence-corrected chi connectivity index (χ0v) is 8.99. The first-order valence-electron chi connectivity index (χ1n) is 4.20. The maximum atomic E-state index is 12.6. The van der Waals surface area contributed by atoms with Crippen LogP contribution in [0.4, 0.5) is 13.2 Å². The molecule has 16 heavy (non-hydrogen) atoms. The van der Waals surface area contributed by atoms with E-state index in [0.29, 0.717) is 0 Å². The lowest BCUT2D eigenvalue weighted by atomic mass is 10.0. The lowest BCUT2D eigenvalue weighted by Crippen LogP contribution is -2.10. The first-order chi connectivity index (χ1) is 7.40. The summed E-state index contributed by atoms with van der Waals surface area (Å²) in [4.78, 5) is 0. The lowest BCUT2D eigenvalue weighted by Gasteiger charge is -2.14. The normalized spacial score (nSPS) is 11.0. The maximum absolute atomic E-state index is 12.6. The van der Waals surface area contributed by atoms with E-state index in [2.05, 4.69) is 0 Å². The molecule has 86 valence electrons. The van der Waals surface area contributed by atoms with Gasteiger partial charge in [-0.2, -0.15) is 18.4 Å². The smallest absolute Gasteiger partial charge is 0.418 e. The molecule has 2 nitrogen and oxygen atoms in total. The second-order valence-electron chi connectivity index (χ2n) is 2.98. The first kappa shape index (κ1) is 12.7. The Labute approximate surface area is 95.2 Å². The van der Waals surface area contributed by atoms with Crippen molar-refractivity contribution >= 4 is 11.6 Å². The highest BCUT2D eigenvalue weighted by molar-refractivity contribution is 6.31. The van der Waals surface area contributed by atoms with Gasteiger partial charge in [-0.15, -0.1) is 0 Å². The van der Waals surface area contributed by atoms with Crippen molar-refractivity contribution in [3.63, 3.8) is 0 Å². The topological polar surface area (TPSA) is 33.0 Å². The summed E-state index contributed by atoms with van der Waals surface area (Å²) in [6, 6.07) is 3.90. The highest BCUT2D eigenvalue weighted by atomic mass is 35.5. The van der Waals surface area contributed by atoms with E-state index in [4.69, 9.17) is 21.6 Å². The fourth-order valence-corrected chi connectivity index (χ4v) is 1.63. The Morgan fingerprint density at radius 3 is 2.50 bits per heavy atom. The van der Waals surface area contributed by atoms with Gasteiger partial charge in [-0.25, -0.2) is 0 Å². The largest absolute Gasteiger partial charge is 0.497 e. The number of nitriles is 1. The SMILES string of the molecule is COc1cc(Cl)c(C(F)(F)F)c(CC#N)c1. The molecule has 0 spiro atoms. The maximum Gasteiger partial charge on any atom is 0.418 e. The number of ether oxygens (including phenoxy) is 1. The van der Waals surface area contributed by atoms with Gasteiger partial charge in [0.1, 0.15) is 5.75 Å². The highest BCUT2D eigenvalue weighted by Crippen LogP contribution is 2.39. The van der Waals surface area contributed by atoms with E-state index >= 15 is 0 Å². The number of rotatable bonds is 2. The number of hydrogen-bond acceptors (Lipinski definition) is 2. The molecule has 1 aromatic rings. The Bertz CT molecular complexity index is 437. The summed E-state index contributed by atoms with van der Waals surface area (Å²) in [6.45, 7) is 0. The molecule has 0 bridgehead atoms. The summed E-state index contributed by atoms with van der Waals surface area (Å²) in [5.41, 5.74) is -1.16. The third kappa shape index (κ3) is 2.58. The van der Waals surface area contributed by atoms with Gasteiger partial charge in [0.25, 0.3) is 0 Å². The molecule has 0 aromatic heterocycles. The van der Waals surface area contributed by atoms with E-state index in [9.17, 15) is 13.2 Å². The standard InChI is InChI=1S/C10H7ClF3NO/c1-16-7-4-6(2-3-15)9(8(11)5-7)10(12,13)14/h4-5H,2H2,1H3. The molecule has 0 saturated carbocycles. The van der Waals surface area contributed by atoms with Gasteiger partial charge < -0.3 is 4.74 Å². The molecule has 0 aliphatic heterocycles. The lowest BCUT2D eigenvalue weighted by molar-refractivity contribution is -0.138. The van der Waals surface area contributed by atoms with E-state index in [1.54, 1.807) is 6.07 Å². The average Bonchev–Trinajstić information content (AvgIpc) is 2.15. The average molecular weight is 250 g/mol. The van der Waals surface area contributed by atoms with Crippen LogP contribution in [0.15, 0.2) is 12.1 Å². The second kappa shape index (κ2) is 4.62. The monoisotopic (exact) mass is 249 g/mol. The van der Waals surface area contributed by atoms with Crippen LogP contribution in [0.1, 0.15) is 11.1 Å². The molecule has 0 saturated heterocycles. The minimum Gasteiger partial charge on any atom is -0.497 e. The van der Waals surface area contributed by atoms with Gasteiger partial charge >= 0.3 is 6.18 Å². The molecule has 1 aromatic carbocycles. The predicted octanol–water partition coefficient (Wildman–Crippen LogP) is 3.43. The Kier molecular flexibility index (Phi) is 3.66. The molecule has 0 atom stereocenters. The molecule has 0 heterocycles. The van der Waals surface area contributed by atoms with E-state index < -0.39 is 16.8 Å². The van der Waals surface area contributed by atoms with Gasteiger partial charge in [-0.3, -0.25) is 0 Å².